The first-order valence-corrected chi connectivity index (χ1v) is 15.6. The summed E-state index contributed by atoms with van der Waals surface area (Å²) < 4.78 is 56.4. The summed E-state index contributed by atoms with van der Waals surface area (Å²) in [6.45, 7) is 2.87. The van der Waals surface area contributed by atoms with Gasteiger partial charge in [0.2, 0.25) is 5.91 Å². The van der Waals surface area contributed by atoms with Crippen LogP contribution in [0.2, 0.25) is 10.0 Å². The maximum Gasteiger partial charge on any atom is 0.264 e. The molecule has 0 bridgehead atoms. The zero-order valence-corrected chi connectivity index (χ0v) is 24.6. The zero-order chi connectivity index (χ0) is 29.1. The van der Waals surface area contributed by atoms with Crippen LogP contribution in [0, 0.1) is 13.8 Å². The number of aryl methyl sites for hydroxylation is 1. The van der Waals surface area contributed by atoms with Crippen molar-refractivity contribution >= 4 is 66.2 Å². The van der Waals surface area contributed by atoms with E-state index in [2.05, 4.69) is 10.0 Å². The molecule has 8 nitrogen and oxygen atoms in total. The van der Waals surface area contributed by atoms with Crippen LogP contribution in [0.3, 0.4) is 0 Å². The number of halogens is 2. The highest BCUT2D eigenvalue weighted by Gasteiger charge is 2.28. The fourth-order valence-corrected chi connectivity index (χ4v) is 6.92. The van der Waals surface area contributed by atoms with Gasteiger partial charge in [0.25, 0.3) is 20.0 Å². The van der Waals surface area contributed by atoms with Gasteiger partial charge in [-0.3, -0.25) is 13.8 Å². The van der Waals surface area contributed by atoms with Crippen LogP contribution in [0.1, 0.15) is 11.1 Å². The monoisotopic (exact) mass is 617 g/mol. The molecule has 0 heterocycles. The van der Waals surface area contributed by atoms with Gasteiger partial charge in [-0.1, -0.05) is 47.5 Å². The van der Waals surface area contributed by atoms with Gasteiger partial charge in [0.05, 0.1) is 21.2 Å². The third-order valence-electron chi connectivity index (χ3n) is 6.01. The largest absolute Gasteiger partial charge is 0.325 e. The van der Waals surface area contributed by atoms with Crippen molar-refractivity contribution < 1.29 is 21.6 Å². The fourth-order valence-electron chi connectivity index (χ4n) is 3.89. The molecule has 12 heteroatoms. The molecule has 4 aromatic carbocycles. The Morgan fingerprint density at radius 2 is 1.48 bits per heavy atom. The summed E-state index contributed by atoms with van der Waals surface area (Å²) in [5, 5.41) is 3.49. The van der Waals surface area contributed by atoms with Crippen LogP contribution in [0.4, 0.5) is 17.1 Å². The molecule has 4 rings (SSSR count). The van der Waals surface area contributed by atoms with Gasteiger partial charge in [0.1, 0.15) is 6.54 Å². The van der Waals surface area contributed by atoms with Crippen molar-refractivity contribution in [3.63, 3.8) is 0 Å². The van der Waals surface area contributed by atoms with E-state index in [1.165, 1.54) is 36.4 Å². The highest BCUT2D eigenvalue weighted by Crippen LogP contribution is 2.29. The lowest BCUT2D eigenvalue weighted by Gasteiger charge is -2.25. The number of nitrogens with one attached hydrogen (secondary N) is 2. The van der Waals surface area contributed by atoms with Crippen molar-refractivity contribution in [1.82, 2.24) is 0 Å². The van der Waals surface area contributed by atoms with Gasteiger partial charge in [-0.05, 0) is 91.7 Å². The first kappa shape index (κ1) is 29.4. The van der Waals surface area contributed by atoms with Crippen molar-refractivity contribution in [2.45, 2.75) is 23.6 Å². The Labute approximate surface area is 243 Å². The van der Waals surface area contributed by atoms with E-state index in [1.807, 2.05) is 0 Å². The fraction of sp³-hybridized carbons (Fsp3) is 0.107. The molecule has 0 aliphatic rings. The molecule has 0 aliphatic heterocycles. The van der Waals surface area contributed by atoms with Crippen molar-refractivity contribution in [2.75, 3.05) is 20.9 Å². The molecule has 0 atom stereocenters. The molecular weight excluding hydrogens is 593 g/mol. The topological polar surface area (TPSA) is 113 Å². The highest BCUT2D eigenvalue weighted by atomic mass is 35.5. The Balaban J connectivity index is 1.55. The minimum atomic E-state index is -4.11. The average molecular weight is 619 g/mol. The highest BCUT2D eigenvalue weighted by molar-refractivity contribution is 7.93. The van der Waals surface area contributed by atoms with E-state index < -0.39 is 32.5 Å². The number of hydrogen-bond acceptors (Lipinski definition) is 5. The molecule has 0 unspecified atom stereocenters. The number of rotatable bonds is 9. The molecule has 208 valence electrons. The molecule has 4 aromatic rings. The number of anilines is 3. The molecule has 0 saturated heterocycles. The van der Waals surface area contributed by atoms with E-state index in [9.17, 15) is 21.6 Å². The Hall–Kier alpha value is -3.57. The second-order valence-corrected chi connectivity index (χ2v) is 13.2. The van der Waals surface area contributed by atoms with Gasteiger partial charge >= 0.3 is 0 Å². The summed E-state index contributed by atoms with van der Waals surface area (Å²) >= 11 is 12.2. The molecule has 2 N–H and O–H groups in total. The first-order chi connectivity index (χ1) is 18.9. The van der Waals surface area contributed by atoms with Crippen LogP contribution in [0.25, 0.3) is 0 Å². The summed E-state index contributed by atoms with van der Waals surface area (Å²) in [6, 6.07) is 22.9. The summed E-state index contributed by atoms with van der Waals surface area (Å²) in [4.78, 5) is 13.0. The number of carbonyl (C=O) groups excluding carboxylic acids is 1. The number of benzene rings is 4. The van der Waals surface area contributed by atoms with Crippen LogP contribution in [0.15, 0.2) is 101 Å². The van der Waals surface area contributed by atoms with Crippen LogP contribution >= 0.6 is 23.2 Å². The van der Waals surface area contributed by atoms with Crippen LogP contribution in [-0.2, 0) is 24.8 Å². The van der Waals surface area contributed by atoms with Gasteiger partial charge in [-0.2, -0.15) is 0 Å². The van der Waals surface area contributed by atoms with Crippen molar-refractivity contribution in [3.8, 4) is 0 Å². The quantitative estimate of drug-likeness (QED) is 0.231. The van der Waals surface area contributed by atoms with Gasteiger partial charge in [0, 0.05) is 15.7 Å². The van der Waals surface area contributed by atoms with E-state index in [-0.39, 0.29) is 15.5 Å². The summed E-state index contributed by atoms with van der Waals surface area (Å²) in [7, 11) is -8.04. The van der Waals surface area contributed by atoms with Gasteiger partial charge in [-0.25, -0.2) is 16.8 Å². The number of nitrogens with zero attached hydrogens (tertiary/aromatic N) is 1. The summed E-state index contributed by atoms with van der Waals surface area (Å²) in [6.07, 6.45) is 0. The maximum atomic E-state index is 13.5. The second-order valence-electron chi connectivity index (χ2n) is 8.85. The number of sulfonamides is 2. The van der Waals surface area contributed by atoms with Crippen molar-refractivity contribution in [2.24, 2.45) is 0 Å². The molecule has 0 aliphatic carbocycles. The molecule has 0 aromatic heterocycles. The van der Waals surface area contributed by atoms with Crippen LogP contribution in [-0.4, -0.2) is 29.3 Å². The van der Waals surface area contributed by atoms with Crippen LogP contribution in [0.5, 0.6) is 0 Å². The molecule has 0 saturated carbocycles. The molecule has 0 spiro atoms. The predicted octanol–water partition coefficient (Wildman–Crippen LogP) is 6.25. The Morgan fingerprint density at radius 3 is 2.12 bits per heavy atom. The molecule has 40 heavy (non-hydrogen) atoms. The standard InChI is InChI=1S/C28H25Cl2N3O5S2/c1-19-17-21(29)11-16-27(19)33(40(37,38)24-7-4-3-5-8-24)18-28(34)31-22-12-14-23(15-13-22)39(35,36)32-26-10-6-9-25(30)20(26)2/h3-17,32H,18H2,1-2H3,(H,31,34). The summed E-state index contributed by atoms with van der Waals surface area (Å²) in [5.41, 5.74) is 2.08. The van der Waals surface area contributed by atoms with Crippen LogP contribution < -0.4 is 14.3 Å². The predicted molar refractivity (Wildman–Crippen MR) is 159 cm³/mol. The lowest BCUT2D eigenvalue weighted by atomic mass is 10.2. The normalized spacial score (nSPS) is 11.6. The Morgan fingerprint density at radius 1 is 0.800 bits per heavy atom. The number of hydrogen-bond donors (Lipinski definition) is 2. The minimum absolute atomic E-state index is 0.0224. The van der Waals surface area contributed by atoms with Gasteiger partial charge < -0.3 is 5.32 Å². The average Bonchev–Trinajstić information content (AvgIpc) is 2.91. The lowest BCUT2D eigenvalue weighted by molar-refractivity contribution is -0.114. The number of carbonyl (C=O) groups is 1. The smallest absolute Gasteiger partial charge is 0.264 e. The lowest BCUT2D eigenvalue weighted by Crippen LogP contribution is -2.38. The molecule has 0 fully saturated rings. The van der Waals surface area contributed by atoms with E-state index in [0.29, 0.717) is 32.5 Å². The van der Waals surface area contributed by atoms with Gasteiger partial charge in [-0.15, -0.1) is 0 Å². The minimum Gasteiger partial charge on any atom is -0.325 e. The molecular formula is C28H25Cl2N3O5S2. The zero-order valence-electron chi connectivity index (χ0n) is 21.4. The second kappa shape index (κ2) is 11.9. The maximum absolute atomic E-state index is 13.5. The van der Waals surface area contributed by atoms with E-state index in [1.54, 1.807) is 68.4 Å². The van der Waals surface area contributed by atoms with Crippen molar-refractivity contribution in [1.29, 1.82) is 0 Å². The first-order valence-electron chi connectivity index (χ1n) is 11.9. The molecule has 0 radical (unpaired) electrons. The summed E-state index contributed by atoms with van der Waals surface area (Å²) in [5.74, 6) is -0.628. The SMILES string of the molecule is Cc1cc(Cl)ccc1N(CC(=O)Nc1ccc(S(=O)(=O)Nc2cccc(Cl)c2C)cc1)S(=O)(=O)c1ccccc1. The third-order valence-corrected chi connectivity index (χ3v) is 9.81. The number of amides is 1. The van der Waals surface area contributed by atoms with E-state index >= 15 is 0 Å². The third kappa shape index (κ3) is 6.59. The molecule has 1 amide bonds. The van der Waals surface area contributed by atoms with E-state index in [0.717, 1.165) is 4.31 Å². The van der Waals surface area contributed by atoms with Gasteiger partial charge in [0.15, 0.2) is 0 Å². The Kier molecular flexibility index (Phi) is 8.74. The Bertz CT molecular complexity index is 1760. The van der Waals surface area contributed by atoms with Crippen molar-refractivity contribution in [3.05, 3.63) is 112 Å². The van der Waals surface area contributed by atoms with E-state index in [4.69, 9.17) is 23.2 Å².